The van der Waals surface area contributed by atoms with Gasteiger partial charge in [-0.1, -0.05) is 67.9 Å². The maximum Gasteiger partial charge on any atom is 0.143 e. The van der Waals surface area contributed by atoms with Crippen LogP contribution in [0, 0.1) is 0 Å². The molecule has 1 aliphatic rings. The molecule has 0 aromatic heterocycles. The molecule has 1 nitrogen and oxygen atoms in total. The molecule has 3 aromatic rings. The number of hydrogen-bond donors (Lipinski definition) is 0. The van der Waals surface area contributed by atoms with E-state index in [0.717, 1.165) is 25.0 Å². The Balaban J connectivity index is 2.09. The van der Waals surface area contributed by atoms with Gasteiger partial charge >= 0.3 is 0 Å². The van der Waals surface area contributed by atoms with Gasteiger partial charge in [0, 0.05) is 19.3 Å². The summed E-state index contributed by atoms with van der Waals surface area (Å²) in [4.78, 5) is 0. The molecule has 0 radical (unpaired) electrons. The first-order valence-electron chi connectivity index (χ1n) is 11.9. The van der Waals surface area contributed by atoms with Gasteiger partial charge in [0.15, 0.2) is 0 Å². The second-order valence-corrected chi connectivity index (χ2v) is 11.7. The molecule has 0 amide bonds. The Morgan fingerprint density at radius 2 is 1.19 bits per heavy atom. The summed E-state index contributed by atoms with van der Waals surface area (Å²) in [6.45, 7) is 4.27. The third kappa shape index (κ3) is 4.45. The molecule has 1 aliphatic carbocycles. The van der Waals surface area contributed by atoms with E-state index < -0.39 is 7.26 Å². The third-order valence-corrected chi connectivity index (χ3v) is 10.9. The van der Waals surface area contributed by atoms with Crippen molar-refractivity contribution in [3.8, 4) is 0 Å². The molecule has 32 heavy (non-hydrogen) atoms. The molecular weight excluding hydrogens is 407 g/mol. The highest BCUT2D eigenvalue weighted by atomic mass is 31.2. The van der Waals surface area contributed by atoms with Crippen molar-refractivity contribution in [1.82, 2.24) is 0 Å². The van der Waals surface area contributed by atoms with Gasteiger partial charge in [-0.2, -0.15) is 0 Å². The van der Waals surface area contributed by atoms with E-state index in [0.29, 0.717) is 0 Å². The molecule has 0 N–H and O–H groups in total. The molecular formula is C30H34OP+. The van der Waals surface area contributed by atoms with E-state index in [1.807, 2.05) is 0 Å². The van der Waals surface area contributed by atoms with E-state index in [9.17, 15) is 0 Å². The molecule has 0 saturated carbocycles. The summed E-state index contributed by atoms with van der Waals surface area (Å²) in [5, 5.41) is 5.75. The summed E-state index contributed by atoms with van der Waals surface area (Å²) < 4.78 is 6.72. The van der Waals surface area contributed by atoms with Crippen LogP contribution in [0.2, 0.25) is 0 Å². The van der Waals surface area contributed by atoms with Crippen molar-refractivity contribution in [3.63, 3.8) is 0 Å². The molecule has 0 spiro atoms. The lowest BCUT2D eigenvalue weighted by atomic mass is 10.2. The van der Waals surface area contributed by atoms with Gasteiger partial charge in [-0.3, -0.25) is 0 Å². The zero-order valence-corrected chi connectivity index (χ0v) is 20.2. The van der Waals surface area contributed by atoms with Crippen LogP contribution in [0.4, 0.5) is 0 Å². The molecule has 0 unspecified atom stereocenters. The number of hydrogen-bond acceptors (Lipinski definition) is 1. The predicted octanol–water partition coefficient (Wildman–Crippen LogP) is 7.49. The van der Waals surface area contributed by atoms with E-state index in [2.05, 4.69) is 111 Å². The molecule has 0 saturated heterocycles. The highest BCUT2D eigenvalue weighted by Gasteiger charge is 2.51. The van der Waals surface area contributed by atoms with Crippen LogP contribution in [0.5, 0.6) is 0 Å². The zero-order valence-electron chi connectivity index (χ0n) is 19.3. The molecule has 164 valence electrons. The first-order chi connectivity index (χ1) is 15.8. The van der Waals surface area contributed by atoms with Crippen LogP contribution in [-0.2, 0) is 4.74 Å². The minimum atomic E-state index is -2.06. The maximum atomic E-state index is 6.72. The molecule has 4 rings (SSSR count). The summed E-state index contributed by atoms with van der Waals surface area (Å²) in [6.07, 6.45) is 8.81. The number of rotatable bonds is 7. The Labute approximate surface area is 194 Å². The van der Waals surface area contributed by atoms with Gasteiger partial charge in [0.2, 0.25) is 0 Å². The van der Waals surface area contributed by atoms with E-state index >= 15 is 0 Å². The molecule has 0 fully saturated rings. The average Bonchev–Trinajstić information content (AvgIpc) is 3.11. The van der Waals surface area contributed by atoms with Crippen LogP contribution in [0.25, 0.3) is 0 Å². The molecule has 0 heterocycles. The Bertz CT molecular complexity index is 955. The Morgan fingerprint density at radius 3 is 1.62 bits per heavy atom. The topological polar surface area (TPSA) is 9.23 Å². The molecule has 0 bridgehead atoms. The largest absolute Gasteiger partial charge is 0.463 e. The second-order valence-electron chi connectivity index (χ2n) is 8.32. The zero-order chi connectivity index (χ0) is 22.2. The van der Waals surface area contributed by atoms with Crippen molar-refractivity contribution in [1.29, 1.82) is 0 Å². The molecule has 3 aromatic carbocycles. The first kappa shape index (κ1) is 22.6. The second kappa shape index (κ2) is 10.8. The molecule has 0 atom stereocenters. The van der Waals surface area contributed by atoms with Gasteiger partial charge in [0.05, 0.1) is 5.76 Å². The van der Waals surface area contributed by atoms with E-state index in [4.69, 9.17) is 4.74 Å². The average molecular weight is 442 g/mol. The first-order valence-corrected chi connectivity index (χ1v) is 13.7. The van der Waals surface area contributed by atoms with Crippen molar-refractivity contribution < 1.29 is 4.74 Å². The highest BCUT2D eigenvalue weighted by Crippen LogP contribution is 2.65. The van der Waals surface area contributed by atoms with Gasteiger partial charge in [0.1, 0.15) is 34.2 Å². The predicted molar refractivity (Wildman–Crippen MR) is 140 cm³/mol. The Hall–Kier alpha value is -2.63. The molecule has 2 heteroatoms. The molecule has 0 aliphatic heterocycles. The number of allylic oxidation sites excluding steroid dienone is 4. The minimum absolute atomic E-state index is 0.917. The lowest BCUT2D eigenvalue weighted by Gasteiger charge is -2.31. The van der Waals surface area contributed by atoms with Gasteiger partial charge in [0.25, 0.3) is 0 Å². The van der Waals surface area contributed by atoms with Crippen LogP contribution in [0.15, 0.2) is 114 Å². The van der Waals surface area contributed by atoms with Crippen molar-refractivity contribution in [2.75, 3.05) is 0 Å². The monoisotopic (exact) mass is 441 g/mol. The van der Waals surface area contributed by atoms with Gasteiger partial charge in [-0.15, -0.1) is 0 Å². The van der Waals surface area contributed by atoms with Crippen LogP contribution in [0.1, 0.15) is 52.4 Å². The fraction of sp³-hybridized carbons (Fsp3) is 0.267. The van der Waals surface area contributed by atoms with Crippen LogP contribution < -0.4 is 15.9 Å². The normalized spacial score (nSPS) is 15.4. The summed E-state index contributed by atoms with van der Waals surface area (Å²) in [7, 11) is -2.06. The number of benzene rings is 3. The van der Waals surface area contributed by atoms with Crippen molar-refractivity contribution >= 4 is 23.2 Å². The van der Waals surface area contributed by atoms with Crippen LogP contribution >= 0.6 is 7.26 Å². The third-order valence-electron chi connectivity index (χ3n) is 6.40. The summed E-state index contributed by atoms with van der Waals surface area (Å²) >= 11 is 0. The lowest BCUT2D eigenvalue weighted by Crippen LogP contribution is -2.33. The summed E-state index contributed by atoms with van der Waals surface area (Å²) in [5.74, 6) is 2.29. The highest BCUT2D eigenvalue weighted by molar-refractivity contribution is 7.99. The van der Waals surface area contributed by atoms with Gasteiger partial charge < -0.3 is 4.74 Å². The van der Waals surface area contributed by atoms with Gasteiger partial charge in [-0.05, 0) is 62.2 Å². The fourth-order valence-corrected chi connectivity index (χ4v) is 9.58. The minimum Gasteiger partial charge on any atom is -0.463 e. The van der Waals surface area contributed by atoms with E-state index in [1.54, 1.807) is 0 Å². The van der Waals surface area contributed by atoms with Gasteiger partial charge in [-0.25, -0.2) is 0 Å². The van der Waals surface area contributed by atoms with Crippen LogP contribution in [-0.4, -0.2) is 0 Å². The summed E-state index contributed by atoms with van der Waals surface area (Å²) in [6, 6.07) is 33.5. The summed E-state index contributed by atoms with van der Waals surface area (Å²) in [5.41, 5.74) is 0. The standard InChI is InChI=1S/C30H34OP/c1-3-25(4-2)31-29-23-15-8-16-24-30(29)32(26-17-9-5-10-18-26,27-19-11-6-12-20-27)28-21-13-7-14-22-28/h3,5-7,9-14,17-22H,4,8,15-16,23-24H2,1-2H3/q+1. The quantitative estimate of drug-likeness (QED) is 0.273. The van der Waals surface area contributed by atoms with E-state index in [-0.39, 0.29) is 0 Å². The van der Waals surface area contributed by atoms with Crippen LogP contribution in [0.3, 0.4) is 0 Å². The lowest BCUT2D eigenvalue weighted by molar-refractivity contribution is 0.276. The Morgan fingerprint density at radius 1 is 0.719 bits per heavy atom. The smallest absolute Gasteiger partial charge is 0.143 e. The number of ether oxygens (including phenoxy) is 1. The van der Waals surface area contributed by atoms with E-state index in [1.165, 1.54) is 46.2 Å². The fourth-order valence-electron chi connectivity index (χ4n) is 4.87. The Kier molecular flexibility index (Phi) is 7.61. The SMILES string of the molecule is CC=C(CC)OC1=C([P+](c2ccccc2)(c2ccccc2)c2ccccc2)CCCCC1. The maximum absolute atomic E-state index is 6.72. The van der Waals surface area contributed by atoms with Crippen molar-refractivity contribution in [2.24, 2.45) is 0 Å². The van der Waals surface area contributed by atoms with Crippen molar-refractivity contribution in [2.45, 2.75) is 52.4 Å². The van der Waals surface area contributed by atoms with Crippen molar-refractivity contribution in [3.05, 3.63) is 114 Å².